The first kappa shape index (κ1) is 19.2. The summed E-state index contributed by atoms with van der Waals surface area (Å²) in [6, 6.07) is 21.3. The quantitative estimate of drug-likeness (QED) is 0.595. The summed E-state index contributed by atoms with van der Waals surface area (Å²) in [7, 11) is 0. The number of anilines is 1. The van der Waals surface area contributed by atoms with Crippen LogP contribution in [0.25, 0.3) is 11.1 Å². The molecule has 1 aliphatic heterocycles. The fourth-order valence-corrected chi connectivity index (χ4v) is 3.71. The zero-order valence-electron chi connectivity index (χ0n) is 15.5. The van der Waals surface area contributed by atoms with Gasteiger partial charge in [0.2, 0.25) is 0 Å². The molecule has 0 unspecified atom stereocenters. The Morgan fingerprint density at radius 1 is 0.862 bits per heavy atom. The third-order valence-corrected chi connectivity index (χ3v) is 5.32. The molecule has 4 nitrogen and oxygen atoms in total. The third kappa shape index (κ3) is 3.87. The molecular weight excluding hydrogens is 391 g/mol. The number of carbonyl (C=O) groups is 2. The maximum Gasteiger partial charge on any atom is 0.316 e. The van der Waals surface area contributed by atoms with Crippen LogP contribution in [0.2, 0.25) is 5.02 Å². The maximum atomic E-state index is 13.3. The van der Waals surface area contributed by atoms with E-state index >= 15 is 0 Å². The van der Waals surface area contributed by atoms with Crippen LogP contribution in [0, 0.1) is 5.82 Å². The second-order valence-electron chi connectivity index (χ2n) is 6.80. The number of para-hydroxylation sites is 1. The average Bonchev–Trinajstić information content (AvgIpc) is 2.74. The molecule has 1 aliphatic rings. The Morgan fingerprint density at radius 2 is 1.59 bits per heavy atom. The smallest absolute Gasteiger partial charge is 0.316 e. The zero-order chi connectivity index (χ0) is 20.4. The van der Waals surface area contributed by atoms with Crippen LogP contribution in [0.1, 0.15) is 5.56 Å². The number of piperazine rings is 1. The van der Waals surface area contributed by atoms with Crippen molar-refractivity contribution in [3.05, 3.63) is 89.2 Å². The molecule has 0 spiro atoms. The summed E-state index contributed by atoms with van der Waals surface area (Å²) in [5.41, 5.74) is 3.18. The molecule has 29 heavy (non-hydrogen) atoms. The van der Waals surface area contributed by atoms with Crippen molar-refractivity contribution in [1.29, 1.82) is 0 Å². The van der Waals surface area contributed by atoms with Gasteiger partial charge in [-0.1, -0.05) is 66.2 Å². The molecule has 0 bridgehead atoms. The summed E-state index contributed by atoms with van der Waals surface area (Å²) in [5, 5.41) is 0.238. The third-order valence-electron chi connectivity index (χ3n) is 4.96. The van der Waals surface area contributed by atoms with Crippen LogP contribution >= 0.6 is 11.6 Å². The number of amides is 2. The highest BCUT2D eigenvalue weighted by Crippen LogP contribution is 2.32. The lowest BCUT2D eigenvalue weighted by Gasteiger charge is -2.34. The minimum absolute atomic E-state index is 0.165. The monoisotopic (exact) mass is 408 g/mol. The number of rotatable bonds is 4. The first-order valence-corrected chi connectivity index (χ1v) is 9.61. The summed E-state index contributed by atoms with van der Waals surface area (Å²) in [5.74, 6) is -1.62. The van der Waals surface area contributed by atoms with Gasteiger partial charge in [-0.2, -0.15) is 0 Å². The highest BCUT2D eigenvalue weighted by Gasteiger charge is 2.34. The van der Waals surface area contributed by atoms with Gasteiger partial charge in [-0.15, -0.1) is 0 Å². The van der Waals surface area contributed by atoms with Gasteiger partial charge in [-0.05, 0) is 29.3 Å². The minimum Gasteiger partial charge on any atom is -0.328 e. The Kier molecular flexibility index (Phi) is 5.32. The number of hydrogen-bond donors (Lipinski definition) is 0. The summed E-state index contributed by atoms with van der Waals surface area (Å²) < 4.78 is 13.3. The van der Waals surface area contributed by atoms with Crippen molar-refractivity contribution in [3.63, 3.8) is 0 Å². The van der Waals surface area contributed by atoms with Gasteiger partial charge < -0.3 is 9.80 Å². The van der Waals surface area contributed by atoms with Crippen molar-refractivity contribution in [1.82, 2.24) is 4.90 Å². The highest BCUT2D eigenvalue weighted by molar-refractivity contribution is 6.41. The lowest BCUT2D eigenvalue weighted by atomic mass is 10.0. The van der Waals surface area contributed by atoms with Gasteiger partial charge in [0.1, 0.15) is 5.82 Å². The molecule has 0 N–H and O–H groups in total. The van der Waals surface area contributed by atoms with E-state index in [0.29, 0.717) is 24.3 Å². The topological polar surface area (TPSA) is 40.6 Å². The molecule has 1 fully saturated rings. The lowest BCUT2D eigenvalue weighted by Crippen LogP contribution is -2.54. The fourth-order valence-electron chi connectivity index (χ4n) is 3.48. The number of hydrogen-bond acceptors (Lipinski definition) is 2. The normalized spacial score (nSPS) is 14.4. The second-order valence-corrected chi connectivity index (χ2v) is 7.21. The molecule has 0 atom stereocenters. The summed E-state index contributed by atoms with van der Waals surface area (Å²) in [6.45, 7) is 0.895. The standard InChI is InChI=1S/C23H18ClFN2O2/c24-20-14-18(25)11-10-17(20)15-26-12-13-27(23(29)22(26)28)21-9-5-4-8-19(21)16-6-2-1-3-7-16/h1-11,14H,12-13,15H2. The van der Waals surface area contributed by atoms with E-state index in [2.05, 4.69) is 0 Å². The van der Waals surface area contributed by atoms with Crippen molar-refractivity contribution in [2.24, 2.45) is 0 Å². The van der Waals surface area contributed by atoms with Gasteiger partial charge in [0.15, 0.2) is 0 Å². The summed E-state index contributed by atoms with van der Waals surface area (Å²) in [4.78, 5) is 28.6. The van der Waals surface area contributed by atoms with E-state index in [1.165, 1.54) is 28.0 Å². The Morgan fingerprint density at radius 3 is 2.34 bits per heavy atom. The molecule has 3 aromatic carbocycles. The molecular formula is C23H18ClFN2O2. The molecule has 6 heteroatoms. The van der Waals surface area contributed by atoms with Gasteiger partial charge in [-0.25, -0.2) is 4.39 Å². The number of halogens is 2. The van der Waals surface area contributed by atoms with E-state index < -0.39 is 17.6 Å². The van der Waals surface area contributed by atoms with Crippen molar-refractivity contribution in [2.45, 2.75) is 6.54 Å². The zero-order valence-corrected chi connectivity index (χ0v) is 16.3. The van der Waals surface area contributed by atoms with E-state index in [1.807, 2.05) is 54.6 Å². The number of carbonyl (C=O) groups excluding carboxylic acids is 2. The van der Waals surface area contributed by atoms with Crippen molar-refractivity contribution < 1.29 is 14.0 Å². The van der Waals surface area contributed by atoms with Crippen LogP contribution in [0.3, 0.4) is 0 Å². The van der Waals surface area contributed by atoms with Gasteiger partial charge in [0.05, 0.1) is 5.69 Å². The highest BCUT2D eigenvalue weighted by atomic mass is 35.5. The van der Waals surface area contributed by atoms with E-state index in [9.17, 15) is 14.0 Å². The fraction of sp³-hybridized carbons (Fsp3) is 0.130. The van der Waals surface area contributed by atoms with Crippen LogP contribution in [0.15, 0.2) is 72.8 Å². The first-order chi connectivity index (χ1) is 14.0. The lowest BCUT2D eigenvalue weighted by molar-refractivity contribution is -0.146. The van der Waals surface area contributed by atoms with Gasteiger partial charge in [0.25, 0.3) is 0 Å². The van der Waals surface area contributed by atoms with Gasteiger partial charge in [-0.3, -0.25) is 9.59 Å². The molecule has 1 heterocycles. The van der Waals surface area contributed by atoms with Crippen molar-refractivity contribution in [2.75, 3.05) is 18.0 Å². The Balaban J connectivity index is 1.58. The van der Waals surface area contributed by atoms with E-state index in [-0.39, 0.29) is 11.6 Å². The van der Waals surface area contributed by atoms with E-state index in [0.717, 1.165) is 11.1 Å². The Labute approximate surface area is 173 Å². The van der Waals surface area contributed by atoms with Crippen LogP contribution in [0.4, 0.5) is 10.1 Å². The van der Waals surface area contributed by atoms with Crippen molar-refractivity contribution >= 4 is 29.1 Å². The molecule has 4 rings (SSSR count). The largest absolute Gasteiger partial charge is 0.328 e. The molecule has 0 aliphatic carbocycles. The molecule has 146 valence electrons. The van der Waals surface area contributed by atoms with Crippen LogP contribution in [-0.2, 0) is 16.1 Å². The first-order valence-electron chi connectivity index (χ1n) is 9.24. The average molecular weight is 409 g/mol. The summed E-state index contributed by atoms with van der Waals surface area (Å²) >= 11 is 6.07. The number of benzene rings is 3. The molecule has 0 saturated carbocycles. The van der Waals surface area contributed by atoms with Gasteiger partial charge in [0, 0.05) is 30.2 Å². The van der Waals surface area contributed by atoms with Crippen molar-refractivity contribution in [3.8, 4) is 11.1 Å². The molecule has 3 aromatic rings. The predicted molar refractivity (Wildman–Crippen MR) is 111 cm³/mol. The van der Waals surface area contributed by atoms with Crippen LogP contribution in [0.5, 0.6) is 0 Å². The predicted octanol–water partition coefficient (Wildman–Crippen LogP) is 4.52. The molecule has 0 radical (unpaired) electrons. The van der Waals surface area contributed by atoms with E-state index in [4.69, 9.17) is 11.6 Å². The molecule has 1 saturated heterocycles. The number of nitrogens with zero attached hydrogens (tertiary/aromatic N) is 2. The molecule has 2 amide bonds. The Hall–Kier alpha value is -3.18. The Bertz CT molecular complexity index is 1070. The minimum atomic E-state index is -0.598. The SMILES string of the molecule is O=C1C(=O)N(c2ccccc2-c2ccccc2)CCN1Cc1ccc(F)cc1Cl. The van der Waals surface area contributed by atoms with Gasteiger partial charge >= 0.3 is 11.8 Å². The maximum absolute atomic E-state index is 13.3. The van der Waals surface area contributed by atoms with Crippen LogP contribution in [-0.4, -0.2) is 29.8 Å². The second kappa shape index (κ2) is 8.05. The van der Waals surface area contributed by atoms with Crippen LogP contribution < -0.4 is 4.90 Å². The van der Waals surface area contributed by atoms with E-state index in [1.54, 1.807) is 0 Å². The molecule has 0 aromatic heterocycles. The summed E-state index contributed by atoms with van der Waals surface area (Å²) in [6.07, 6.45) is 0.